The summed E-state index contributed by atoms with van der Waals surface area (Å²) in [6.07, 6.45) is 1.51. The van der Waals surface area contributed by atoms with E-state index in [9.17, 15) is 4.79 Å². The molecule has 1 aromatic carbocycles. The van der Waals surface area contributed by atoms with Crippen molar-refractivity contribution in [1.82, 2.24) is 15.0 Å². The number of hydrogen-bond acceptors (Lipinski definition) is 3. The molecule has 1 unspecified atom stereocenters. The maximum Gasteiger partial charge on any atom is 0.256 e. The number of aromatic nitrogens is 2. The van der Waals surface area contributed by atoms with Crippen molar-refractivity contribution < 1.29 is 4.79 Å². The summed E-state index contributed by atoms with van der Waals surface area (Å²) in [4.78, 5) is 16.7. The van der Waals surface area contributed by atoms with Crippen molar-refractivity contribution in [2.24, 2.45) is 11.8 Å². The number of fused-ring (bicyclic) bond motifs is 1. The molecule has 0 saturated heterocycles. The first-order valence-electron chi connectivity index (χ1n) is 7.04. The van der Waals surface area contributed by atoms with E-state index in [2.05, 4.69) is 24.3 Å². The zero-order valence-electron chi connectivity index (χ0n) is 12.3. The van der Waals surface area contributed by atoms with Crippen LogP contribution in [0.25, 0.3) is 11.0 Å². The van der Waals surface area contributed by atoms with Gasteiger partial charge >= 0.3 is 0 Å². The van der Waals surface area contributed by atoms with Gasteiger partial charge in [-0.2, -0.15) is 0 Å². The highest BCUT2D eigenvalue weighted by molar-refractivity contribution is 5.84. The highest BCUT2D eigenvalue weighted by Gasteiger charge is 2.23. The zero-order chi connectivity index (χ0) is 14.7. The lowest BCUT2D eigenvalue weighted by molar-refractivity contribution is -0.124. The lowest BCUT2D eigenvalue weighted by atomic mass is 10.1. The number of amides is 1. The Bertz CT molecular complexity index is 603. The number of nitrogens with two attached hydrogens (primary N) is 1. The van der Waals surface area contributed by atoms with E-state index in [1.807, 2.05) is 35.8 Å². The smallest absolute Gasteiger partial charge is 0.256 e. The topological polar surface area (TPSA) is 72.9 Å². The first kappa shape index (κ1) is 14.5. The zero-order valence-corrected chi connectivity index (χ0v) is 12.3. The third kappa shape index (κ3) is 2.67. The number of hydrogen-bond donors (Lipinski definition) is 2. The predicted molar refractivity (Wildman–Crippen MR) is 79.9 cm³/mol. The Kier molecular flexibility index (Phi) is 4.39. The number of carbonyl (C=O) groups excluding carboxylic acids is 1. The minimum Gasteiger partial charge on any atom is -0.315 e. The first-order chi connectivity index (χ1) is 9.58. The van der Waals surface area contributed by atoms with Gasteiger partial charge in [0.25, 0.3) is 5.91 Å². The Morgan fingerprint density at radius 3 is 2.70 bits per heavy atom. The Morgan fingerprint density at radius 2 is 2.10 bits per heavy atom. The van der Waals surface area contributed by atoms with Gasteiger partial charge in [-0.15, -0.1) is 0 Å². The summed E-state index contributed by atoms with van der Waals surface area (Å²) >= 11 is 0. The molecule has 0 bridgehead atoms. The highest BCUT2D eigenvalue weighted by Crippen LogP contribution is 2.25. The molecule has 20 heavy (non-hydrogen) atoms. The van der Waals surface area contributed by atoms with Crippen LogP contribution >= 0.6 is 0 Å². The lowest BCUT2D eigenvalue weighted by Gasteiger charge is -2.19. The second kappa shape index (κ2) is 6.05. The van der Waals surface area contributed by atoms with Gasteiger partial charge in [-0.3, -0.25) is 10.2 Å². The first-order valence-corrected chi connectivity index (χ1v) is 7.04. The molecule has 1 atom stereocenters. The average molecular weight is 274 g/mol. The number of carbonyl (C=O) groups is 1. The average Bonchev–Trinajstić information content (AvgIpc) is 2.77. The Hall–Kier alpha value is -1.88. The van der Waals surface area contributed by atoms with Crippen molar-refractivity contribution >= 4 is 16.9 Å². The number of hydrazine groups is 1. The van der Waals surface area contributed by atoms with Crippen molar-refractivity contribution in [1.29, 1.82) is 0 Å². The molecule has 5 heteroatoms. The Labute approximate surface area is 119 Å². The van der Waals surface area contributed by atoms with Crippen molar-refractivity contribution in [3.05, 3.63) is 30.1 Å². The van der Waals surface area contributed by atoms with Gasteiger partial charge in [0, 0.05) is 6.42 Å². The lowest BCUT2D eigenvalue weighted by Crippen LogP contribution is -2.37. The van der Waals surface area contributed by atoms with Gasteiger partial charge in [-0.25, -0.2) is 10.8 Å². The fourth-order valence-electron chi connectivity index (χ4n) is 2.53. The van der Waals surface area contributed by atoms with Crippen LogP contribution in [0.3, 0.4) is 0 Å². The molecule has 108 valence electrons. The van der Waals surface area contributed by atoms with Gasteiger partial charge in [0.15, 0.2) is 0 Å². The third-order valence-electron chi connectivity index (χ3n) is 3.40. The molecule has 1 amide bonds. The number of benzene rings is 1. The Morgan fingerprint density at radius 1 is 1.40 bits per heavy atom. The molecule has 0 saturated carbocycles. The highest BCUT2D eigenvalue weighted by atomic mass is 16.2. The number of rotatable bonds is 5. The molecule has 0 aliphatic carbocycles. The molecule has 0 aliphatic rings. The molecule has 2 aromatic rings. The van der Waals surface area contributed by atoms with Crippen molar-refractivity contribution in [3.63, 3.8) is 0 Å². The van der Waals surface area contributed by atoms with Gasteiger partial charge in [-0.05, 0) is 24.5 Å². The summed E-state index contributed by atoms with van der Waals surface area (Å²) in [7, 11) is 0. The largest absolute Gasteiger partial charge is 0.315 e. The third-order valence-corrected chi connectivity index (χ3v) is 3.40. The minimum absolute atomic E-state index is 0.180. The SMILES string of the molecule is CCC(C(=O)NN)n1c(CC(C)C)nc2ccccc21. The second-order valence-electron chi connectivity index (χ2n) is 5.42. The van der Waals surface area contributed by atoms with E-state index in [0.29, 0.717) is 12.3 Å². The second-order valence-corrected chi connectivity index (χ2v) is 5.42. The normalized spacial score (nSPS) is 12.8. The number of nitrogens with one attached hydrogen (secondary N) is 1. The molecule has 0 aliphatic heterocycles. The van der Waals surface area contributed by atoms with Crippen LogP contribution in [0.15, 0.2) is 24.3 Å². The van der Waals surface area contributed by atoms with Crippen LogP contribution in [0, 0.1) is 5.92 Å². The summed E-state index contributed by atoms with van der Waals surface area (Å²) in [6.45, 7) is 6.27. The molecule has 0 radical (unpaired) electrons. The summed E-state index contributed by atoms with van der Waals surface area (Å²) in [5, 5.41) is 0. The summed E-state index contributed by atoms with van der Waals surface area (Å²) < 4.78 is 2.03. The van der Waals surface area contributed by atoms with E-state index in [4.69, 9.17) is 5.84 Å². The van der Waals surface area contributed by atoms with Gasteiger partial charge in [0.2, 0.25) is 0 Å². The van der Waals surface area contributed by atoms with Gasteiger partial charge in [0.1, 0.15) is 11.9 Å². The fourth-order valence-corrected chi connectivity index (χ4v) is 2.53. The molecule has 5 nitrogen and oxygen atoms in total. The van der Waals surface area contributed by atoms with E-state index in [1.54, 1.807) is 0 Å². The van der Waals surface area contributed by atoms with Crippen LogP contribution < -0.4 is 11.3 Å². The van der Waals surface area contributed by atoms with Crippen molar-refractivity contribution in [2.45, 2.75) is 39.7 Å². The maximum atomic E-state index is 12.0. The molecule has 2 rings (SSSR count). The number of imidazole rings is 1. The van der Waals surface area contributed by atoms with E-state index in [0.717, 1.165) is 23.3 Å². The summed E-state index contributed by atoms with van der Waals surface area (Å²) in [5.41, 5.74) is 4.17. The van der Waals surface area contributed by atoms with Crippen LogP contribution in [0.4, 0.5) is 0 Å². The molecular weight excluding hydrogens is 252 g/mol. The molecular formula is C15H22N4O. The molecule has 0 fully saturated rings. The monoisotopic (exact) mass is 274 g/mol. The quantitative estimate of drug-likeness (QED) is 0.498. The van der Waals surface area contributed by atoms with Crippen molar-refractivity contribution in [2.75, 3.05) is 0 Å². The van der Waals surface area contributed by atoms with E-state index in [-0.39, 0.29) is 11.9 Å². The minimum atomic E-state index is -0.318. The number of nitrogens with zero attached hydrogens (tertiary/aromatic N) is 2. The van der Waals surface area contributed by atoms with E-state index >= 15 is 0 Å². The molecule has 1 aromatic heterocycles. The van der Waals surface area contributed by atoms with E-state index < -0.39 is 0 Å². The summed E-state index contributed by atoms with van der Waals surface area (Å²) in [6, 6.07) is 7.58. The fraction of sp³-hybridized carbons (Fsp3) is 0.467. The van der Waals surface area contributed by atoms with E-state index in [1.165, 1.54) is 0 Å². The number of para-hydroxylation sites is 2. The predicted octanol–water partition coefficient (Wildman–Crippen LogP) is 2.18. The molecule has 0 spiro atoms. The standard InChI is InChI=1S/C15H22N4O/c1-4-12(15(20)18-16)19-13-8-6-5-7-11(13)17-14(19)9-10(2)3/h5-8,10,12H,4,9,16H2,1-3H3,(H,18,20). The van der Waals surface area contributed by atoms with Crippen LogP contribution in [-0.2, 0) is 11.2 Å². The van der Waals surface area contributed by atoms with Crippen LogP contribution in [0.1, 0.15) is 39.1 Å². The van der Waals surface area contributed by atoms with Crippen LogP contribution in [0.5, 0.6) is 0 Å². The van der Waals surface area contributed by atoms with Crippen molar-refractivity contribution in [3.8, 4) is 0 Å². The summed E-state index contributed by atoms with van der Waals surface area (Å²) in [5.74, 6) is 6.55. The van der Waals surface area contributed by atoms with Crippen LogP contribution in [0.2, 0.25) is 0 Å². The van der Waals surface area contributed by atoms with Gasteiger partial charge in [0.05, 0.1) is 11.0 Å². The van der Waals surface area contributed by atoms with Crippen LogP contribution in [-0.4, -0.2) is 15.5 Å². The van der Waals surface area contributed by atoms with Gasteiger partial charge in [-0.1, -0.05) is 32.9 Å². The molecule has 1 heterocycles. The Balaban J connectivity index is 2.60. The maximum absolute atomic E-state index is 12.0. The molecule has 3 N–H and O–H groups in total. The van der Waals surface area contributed by atoms with Gasteiger partial charge < -0.3 is 4.57 Å².